The Morgan fingerprint density at radius 2 is 2.06 bits per heavy atom. The molecule has 2 aromatic rings. The minimum atomic E-state index is 0.695. The van der Waals surface area contributed by atoms with Crippen LogP contribution in [0, 0.1) is 0 Å². The Morgan fingerprint density at radius 3 is 2.67 bits per heavy atom. The SMILES string of the molecule is CCN(Cc1ccccc1)Cc1ncc(C=O)s1. The Kier molecular flexibility index (Phi) is 4.61. The first kappa shape index (κ1) is 12.9. The maximum absolute atomic E-state index is 10.6. The molecule has 0 aliphatic carbocycles. The van der Waals surface area contributed by atoms with Crippen molar-refractivity contribution in [2.24, 2.45) is 0 Å². The van der Waals surface area contributed by atoms with Crippen LogP contribution in [0.1, 0.15) is 27.2 Å². The van der Waals surface area contributed by atoms with Gasteiger partial charge in [0, 0.05) is 12.7 Å². The quantitative estimate of drug-likeness (QED) is 0.749. The Hall–Kier alpha value is -1.52. The van der Waals surface area contributed by atoms with Crippen molar-refractivity contribution in [2.75, 3.05) is 6.54 Å². The van der Waals surface area contributed by atoms with Crippen LogP contribution in [0.5, 0.6) is 0 Å². The lowest BCUT2D eigenvalue weighted by molar-refractivity contribution is 0.112. The standard InChI is InChI=1S/C14H16N2OS/c1-2-16(9-12-6-4-3-5-7-12)10-14-15-8-13(11-17)18-14/h3-8,11H,2,9-10H2,1H3. The minimum absolute atomic E-state index is 0.695. The van der Waals surface area contributed by atoms with Crippen LogP contribution in [-0.4, -0.2) is 22.7 Å². The lowest BCUT2D eigenvalue weighted by Gasteiger charge is -2.18. The van der Waals surface area contributed by atoms with Crippen molar-refractivity contribution in [1.29, 1.82) is 0 Å². The molecular weight excluding hydrogens is 244 g/mol. The summed E-state index contributed by atoms with van der Waals surface area (Å²) in [5, 5.41) is 0.995. The average Bonchev–Trinajstić information content (AvgIpc) is 2.87. The lowest BCUT2D eigenvalue weighted by atomic mass is 10.2. The molecule has 0 fully saturated rings. The third kappa shape index (κ3) is 3.48. The molecule has 0 spiro atoms. The van der Waals surface area contributed by atoms with Crippen LogP contribution in [0.2, 0.25) is 0 Å². The second-order valence-corrected chi connectivity index (χ2v) is 5.21. The van der Waals surface area contributed by atoms with Crippen LogP contribution in [0.3, 0.4) is 0 Å². The number of rotatable bonds is 6. The molecule has 0 saturated carbocycles. The van der Waals surface area contributed by atoms with E-state index in [0.717, 1.165) is 30.9 Å². The number of benzene rings is 1. The highest BCUT2D eigenvalue weighted by atomic mass is 32.1. The number of hydrogen-bond acceptors (Lipinski definition) is 4. The normalized spacial score (nSPS) is 10.8. The largest absolute Gasteiger partial charge is 0.297 e. The average molecular weight is 260 g/mol. The summed E-state index contributed by atoms with van der Waals surface area (Å²) in [6.07, 6.45) is 2.50. The van der Waals surface area contributed by atoms with Crippen LogP contribution in [-0.2, 0) is 13.1 Å². The first-order valence-electron chi connectivity index (χ1n) is 5.98. The molecule has 0 unspecified atom stereocenters. The lowest BCUT2D eigenvalue weighted by Crippen LogP contribution is -2.22. The molecule has 3 nitrogen and oxygen atoms in total. The van der Waals surface area contributed by atoms with Crippen LogP contribution in [0.15, 0.2) is 36.5 Å². The highest BCUT2D eigenvalue weighted by molar-refractivity contribution is 7.13. The van der Waals surface area contributed by atoms with E-state index in [-0.39, 0.29) is 0 Å². The minimum Gasteiger partial charge on any atom is -0.297 e. The number of nitrogens with zero attached hydrogens (tertiary/aromatic N) is 2. The summed E-state index contributed by atoms with van der Waals surface area (Å²) in [4.78, 5) is 17.9. The van der Waals surface area contributed by atoms with E-state index in [1.165, 1.54) is 16.9 Å². The Balaban J connectivity index is 1.99. The van der Waals surface area contributed by atoms with Crippen molar-refractivity contribution in [3.8, 4) is 0 Å². The van der Waals surface area contributed by atoms with Gasteiger partial charge in [0.05, 0.1) is 11.4 Å². The van der Waals surface area contributed by atoms with E-state index in [1.54, 1.807) is 6.20 Å². The third-order valence-electron chi connectivity index (χ3n) is 2.74. The van der Waals surface area contributed by atoms with Crippen molar-refractivity contribution in [3.05, 3.63) is 52.0 Å². The Morgan fingerprint density at radius 1 is 1.28 bits per heavy atom. The fourth-order valence-electron chi connectivity index (χ4n) is 1.76. The summed E-state index contributed by atoms with van der Waals surface area (Å²) in [7, 11) is 0. The van der Waals surface area contributed by atoms with Crippen molar-refractivity contribution in [1.82, 2.24) is 9.88 Å². The number of carbonyl (C=O) groups is 1. The van der Waals surface area contributed by atoms with Gasteiger partial charge in [-0.05, 0) is 12.1 Å². The summed E-state index contributed by atoms with van der Waals surface area (Å²) < 4.78 is 0. The van der Waals surface area contributed by atoms with Gasteiger partial charge in [-0.3, -0.25) is 9.69 Å². The zero-order valence-corrected chi connectivity index (χ0v) is 11.2. The van der Waals surface area contributed by atoms with Gasteiger partial charge in [0.2, 0.25) is 0 Å². The first-order chi connectivity index (χ1) is 8.81. The summed E-state index contributed by atoms with van der Waals surface area (Å²) >= 11 is 1.47. The van der Waals surface area contributed by atoms with Gasteiger partial charge in [0.15, 0.2) is 6.29 Å². The number of aldehydes is 1. The summed E-state index contributed by atoms with van der Waals surface area (Å²) in [6.45, 7) is 4.80. The predicted molar refractivity (Wildman–Crippen MR) is 73.7 cm³/mol. The molecule has 0 saturated heterocycles. The molecule has 2 rings (SSSR count). The molecule has 0 atom stereocenters. The molecule has 1 aromatic carbocycles. The fraction of sp³-hybridized carbons (Fsp3) is 0.286. The zero-order valence-electron chi connectivity index (χ0n) is 10.4. The number of thiazole rings is 1. The van der Waals surface area contributed by atoms with E-state index in [4.69, 9.17) is 0 Å². The molecular formula is C14H16N2OS. The van der Waals surface area contributed by atoms with E-state index in [0.29, 0.717) is 4.88 Å². The molecule has 0 aliphatic heterocycles. The summed E-state index contributed by atoms with van der Waals surface area (Å²) in [6, 6.07) is 10.4. The van der Waals surface area contributed by atoms with E-state index < -0.39 is 0 Å². The Labute approximate surface area is 111 Å². The van der Waals surface area contributed by atoms with E-state index in [2.05, 4.69) is 41.1 Å². The molecule has 4 heteroatoms. The molecule has 0 amide bonds. The van der Waals surface area contributed by atoms with Crippen molar-refractivity contribution >= 4 is 17.6 Å². The van der Waals surface area contributed by atoms with Crippen LogP contribution < -0.4 is 0 Å². The van der Waals surface area contributed by atoms with Gasteiger partial charge in [-0.1, -0.05) is 37.3 Å². The predicted octanol–water partition coefficient (Wildman–Crippen LogP) is 2.98. The Bertz CT molecular complexity index is 496. The number of carbonyl (C=O) groups excluding carboxylic acids is 1. The molecule has 18 heavy (non-hydrogen) atoms. The van der Waals surface area contributed by atoms with Gasteiger partial charge < -0.3 is 0 Å². The highest BCUT2D eigenvalue weighted by Crippen LogP contribution is 2.14. The highest BCUT2D eigenvalue weighted by Gasteiger charge is 2.08. The fourth-order valence-corrected chi connectivity index (χ4v) is 2.54. The molecule has 1 heterocycles. The first-order valence-corrected chi connectivity index (χ1v) is 6.79. The summed E-state index contributed by atoms with van der Waals surface area (Å²) in [5.74, 6) is 0. The van der Waals surface area contributed by atoms with Gasteiger partial charge in [-0.25, -0.2) is 4.98 Å². The molecule has 0 N–H and O–H groups in total. The molecule has 0 radical (unpaired) electrons. The number of hydrogen-bond donors (Lipinski definition) is 0. The zero-order chi connectivity index (χ0) is 12.8. The van der Waals surface area contributed by atoms with Gasteiger partial charge in [-0.15, -0.1) is 11.3 Å². The molecule has 94 valence electrons. The monoisotopic (exact) mass is 260 g/mol. The van der Waals surface area contributed by atoms with Gasteiger partial charge in [0.1, 0.15) is 5.01 Å². The summed E-state index contributed by atoms with van der Waals surface area (Å²) in [5.41, 5.74) is 1.30. The van der Waals surface area contributed by atoms with Crippen LogP contribution in [0.25, 0.3) is 0 Å². The second-order valence-electron chi connectivity index (χ2n) is 4.06. The van der Waals surface area contributed by atoms with Gasteiger partial charge >= 0.3 is 0 Å². The van der Waals surface area contributed by atoms with Crippen molar-refractivity contribution in [3.63, 3.8) is 0 Å². The third-order valence-corrected chi connectivity index (χ3v) is 3.65. The van der Waals surface area contributed by atoms with Gasteiger partial charge in [0.25, 0.3) is 0 Å². The van der Waals surface area contributed by atoms with Crippen LogP contribution in [0.4, 0.5) is 0 Å². The number of aromatic nitrogens is 1. The molecule has 0 aliphatic rings. The smallest absolute Gasteiger partial charge is 0.161 e. The van der Waals surface area contributed by atoms with Gasteiger partial charge in [-0.2, -0.15) is 0 Å². The maximum atomic E-state index is 10.6. The van der Waals surface area contributed by atoms with Crippen molar-refractivity contribution < 1.29 is 4.79 Å². The molecule has 0 bridgehead atoms. The molecule has 1 aromatic heterocycles. The second kappa shape index (κ2) is 6.42. The maximum Gasteiger partial charge on any atom is 0.161 e. The van der Waals surface area contributed by atoms with E-state index in [9.17, 15) is 4.79 Å². The van der Waals surface area contributed by atoms with Crippen LogP contribution >= 0.6 is 11.3 Å². The van der Waals surface area contributed by atoms with E-state index >= 15 is 0 Å². The topological polar surface area (TPSA) is 33.2 Å². The van der Waals surface area contributed by atoms with E-state index in [1.807, 2.05) is 6.07 Å². The van der Waals surface area contributed by atoms with Crippen molar-refractivity contribution in [2.45, 2.75) is 20.0 Å².